The van der Waals surface area contributed by atoms with Crippen LogP contribution in [0.3, 0.4) is 0 Å². The van der Waals surface area contributed by atoms with Crippen molar-refractivity contribution < 1.29 is 22.4 Å². The van der Waals surface area contributed by atoms with E-state index in [1.54, 1.807) is 42.5 Å². The Morgan fingerprint density at radius 1 is 1.14 bits per heavy atom. The molecule has 0 saturated carbocycles. The molecule has 5 rings (SSSR count). The number of thiazole rings is 1. The van der Waals surface area contributed by atoms with Crippen LogP contribution < -0.4 is 9.64 Å². The van der Waals surface area contributed by atoms with Gasteiger partial charge in [0.1, 0.15) is 17.0 Å². The van der Waals surface area contributed by atoms with Crippen molar-refractivity contribution >= 4 is 42.6 Å². The predicted molar refractivity (Wildman–Crippen MR) is 139 cm³/mol. The van der Waals surface area contributed by atoms with Crippen molar-refractivity contribution in [2.24, 2.45) is 5.92 Å². The van der Waals surface area contributed by atoms with Gasteiger partial charge in [-0.3, -0.25) is 9.69 Å². The van der Waals surface area contributed by atoms with Gasteiger partial charge in [-0.1, -0.05) is 24.3 Å². The third-order valence-corrected chi connectivity index (χ3v) is 9.40. The molecule has 1 aliphatic rings. The van der Waals surface area contributed by atoms with Crippen LogP contribution in [0, 0.1) is 5.92 Å². The molecule has 2 aromatic carbocycles. The number of sulfonamides is 1. The fraction of sp³-hybridized carbons (Fsp3) is 0.308. The summed E-state index contributed by atoms with van der Waals surface area (Å²) in [7, 11) is -2.01. The molecule has 36 heavy (non-hydrogen) atoms. The van der Waals surface area contributed by atoms with Gasteiger partial charge in [0.25, 0.3) is 5.91 Å². The average Bonchev–Trinajstić information content (AvgIpc) is 3.57. The number of hydrogen-bond donors (Lipinski definition) is 0. The van der Waals surface area contributed by atoms with E-state index in [2.05, 4.69) is 11.9 Å². The topological polar surface area (TPSA) is 92.9 Å². The number of carbonyl (C=O) groups excluding carboxylic acids is 1. The summed E-state index contributed by atoms with van der Waals surface area (Å²) in [6.07, 6.45) is 3.26. The highest BCUT2D eigenvalue weighted by molar-refractivity contribution is 7.89. The van der Waals surface area contributed by atoms with Gasteiger partial charge in [0.15, 0.2) is 5.13 Å². The van der Waals surface area contributed by atoms with Crippen molar-refractivity contribution in [3.05, 3.63) is 72.2 Å². The molecule has 0 spiro atoms. The van der Waals surface area contributed by atoms with E-state index in [0.717, 1.165) is 17.5 Å². The summed E-state index contributed by atoms with van der Waals surface area (Å²) in [5.74, 6) is 1.45. The summed E-state index contributed by atoms with van der Waals surface area (Å²) in [4.78, 5) is 20.1. The highest BCUT2D eigenvalue weighted by Gasteiger charge is 2.29. The lowest BCUT2D eigenvalue weighted by Gasteiger charge is -2.29. The summed E-state index contributed by atoms with van der Waals surface area (Å²) < 4.78 is 39.6. The van der Waals surface area contributed by atoms with E-state index in [1.807, 2.05) is 18.2 Å². The number of rotatable bonds is 7. The molecule has 0 aliphatic carbocycles. The van der Waals surface area contributed by atoms with Crippen molar-refractivity contribution in [2.45, 2.75) is 31.2 Å². The number of amides is 1. The van der Waals surface area contributed by atoms with E-state index in [0.29, 0.717) is 46.7 Å². The molecule has 0 radical (unpaired) electrons. The second-order valence-corrected chi connectivity index (χ2v) is 11.8. The van der Waals surface area contributed by atoms with Crippen LogP contribution >= 0.6 is 11.3 Å². The zero-order valence-electron chi connectivity index (χ0n) is 20.1. The fourth-order valence-corrected chi connectivity index (χ4v) is 6.73. The van der Waals surface area contributed by atoms with Crippen molar-refractivity contribution in [1.82, 2.24) is 9.29 Å². The Hall–Kier alpha value is -3.21. The number of para-hydroxylation sites is 1. The number of carbonyl (C=O) groups is 1. The van der Waals surface area contributed by atoms with E-state index >= 15 is 0 Å². The first-order valence-corrected chi connectivity index (χ1v) is 14.0. The van der Waals surface area contributed by atoms with Gasteiger partial charge >= 0.3 is 0 Å². The lowest BCUT2D eigenvalue weighted by Crippen LogP contribution is -2.37. The molecule has 3 heterocycles. The second kappa shape index (κ2) is 10.0. The highest BCUT2D eigenvalue weighted by atomic mass is 32.2. The molecule has 1 aliphatic heterocycles. The van der Waals surface area contributed by atoms with Crippen LogP contribution in [0.1, 0.15) is 35.9 Å². The molecule has 1 amide bonds. The number of ether oxygens (including phenoxy) is 1. The number of anilines is 1. The minimum Gasteiger partial charge on any atom is -0.494 e. The number of methoxy groups -OCH3 is 1. The predicted octanol–water partition coefficient (Wildman–Crippen LogP) is 5.17. The van der Waals surface area contributed by atoms with Crippen molar-refractivity contribution in [1.29, 1.82) is 0 Å². The SMILES string of the molecule is COc1cccc2sc(N(Cc3ccco3)C(=O)c3ccc(S(=O)(=O)N4CCC(C)CC4)cc3)nc12. The minimum absolute atomic E-state index is 0.181. The number of nitrogens with zero attached hydrogens (tertiary/aromatic N) is 3. The van der Waals surface area contributed by atoms with Gasteiger partial charge in [-0.05, 0) is 67.3 Å². The Morgan fingerprint density at radius 2 is 1.89 bits per heavy atom. The molecule has 10 heteroatoms. The Morgan fingerprint density at radius 3 is 2.56 bits per heavy atom. The number of piperidine rings is 1. The van der Waals surface area contributed by atoms with Gasteiger partial charge in [0.2, 0.25) is 10.0 Å². The first-order valence-electron chi connectivity index (χ1n) is 11.7. The van der Waals surface area contributed by atoms with E-state index < -0.39 is 10.0 Å². The standard InChI is InChI=1S/C26H27N3O5S2/c1-18-12-14-28(15-13-18)36(31,32)21-10-8-19(9-11-21)25(30)29(17-20-5-4-16-34-20)26-27-24-22(33-2)6-3-7-23(24)35-26/h3-11,16,18H,12-15,17H2,1-2H3. The molecular weight excluding hydrogens is 498 g/mol. The number of benzene rings is 2. The maximum Gasteiger partial charge on any atom is 0.260 e. The van der Waals surface area contributed by atoms with Crippen LogP contribution in [-0.2, 0) is 16.6 Å². The van der Waals surface area contributed by atoms with E-state index in [1.165, 1.54) is 27.8 Å². The molecule has 1 saturated heterocycles. The summed E-state index contributed by atoms with van der Waals surface area (Å²) in [5, 5.41) is 0.495. The molecule has 2 aromatic heterocycles. The zero-order chi connectivity index (χ0) is 25.3. The van der Waals surface area contributed by atoms with Gasteiger partial charge < -0.3 is 9.15 Å². The highest BCUT2D eigenvalue weighted by Crippen LogP contribution is 2.35. The quantitative estimate of drug-likeness (QED) is 0.331. The Bertz CT molecular complexity index is 1460. The van der Waals surface area contributed by atoms with Crippen LogP contribution in [-0.4, -0.2) is 43.8 Å². The smallest absolute Gasteiger partial charge is 0.260 e. The molecule has 0 bridgehead atoms. The Labute approximate surface area is 214 Å². The van der Waals surface area contributed by atoms with Crippen molar-refractivity contribution in [2.75, 3.05) is 25.1 Å². The van der Waals surface area contributed by atoms with E-state index in [9.17, 15) is 13.2 Å². The molecule has 0 atom stereocenters. The second-order valence-electron chi connectivity index (χ2n) is 8.89. The molecule has 8 nitrogen and oxygen atoms in total. The molecule has 0 N–H and O–H groups in total. The third kappa shape index (κ3) is 4.76. The monoisotopic (exact) mass is 525 g/mol. The van der Waals surface area contributed by atoms with Crippen LogP contribution in [0.15, 0.2) is 70.2 Å². The molecule has 0 unspecified atom stereocenters. The molecular formula is C26H27N3O5S2. The first kappa shape index (κ1) is 24.5. The van der Waals surface area contributed by atoms with Crippen LogP contribution in [0.2, 0.25) is 0 Å². The normalized spacial score (nSPS) is 15.3. The van der Waals surface area contributed by atoms with E-state index in [-0.39, 0.29) is 17.3 Å². The van der Waals surface area contributed by atoms with Gasteiger partial charge in [0, 0.05) is 18.7 Å². The Balaban J connectivity index is 1.45. The maximum atomic E-state index is 13.7. The molecule has 4 aromatic rings. The van der Waals surface area contributed by atoms with Gasteiger partial charge in [-0.25, -0.2) is 13.4 Å². The summed E-state index contributed by atoms with van der Waals surface area (Å²) in [5.41, 5.74) is 1.04. The lowest BCUT2D eigenvalue weighted by molar-refractivity contribution is 0.0983. The van der Waals surface area contributed by atoms with Gasteiger partial charge in [-0.2, -0.15) is 4.31 Å². The number of hydrogen-bond acceptors (Lipinski definition) is 7. The summed E-state index contributed by atoms with van der Waals surface area (Å²) in [6, 6.07) is 15.3. The van der Waals surface area contributed by atoms with Crippen molar-refractivity contribution in [3.8, 4) is 5.75 Å². The van der Waals surface area contributed by atoms with Crippen LogP contribution in [0.5, 0.6) is 5.75 Å². The van der Waals surface area contributed by atoms with Crippen molar-refractivity contribution in [3.63, 3.8) is 0 Å². The first-order chi connectivity index (χ1) is 17.4. The van der Waals surface area contributed by atoms with Gasteiger partial charge in [-0.15, -0.1) is 0 Å². The van der Waals surface area contributed by atoms with Crippen LogP contribution in [0.4, 0.5) is 5.13 Å². The van der Waals surface area contributed by atoms with E-state index in [4.69, 9.17) is 9.15 Å². The number of aromatic nitrogens is 1. The van der Waals surface area contributed by atoms with Gasteiger partial charge in [0.05, 0.1) is 29.5 Å². The Kier molecular flexibility index (Phi) is 6.83. The molecule has 188 valence electrons. The summed E-state index contributed by atoms with van der Waals surface area (Å²) >= 11 is 1.38. The van der Waals surface area contributed by atoms with Crippen LogP contribution in [0.25, 0.3) is 10.2 Å². The zero-order valence-corrected chi connectivity index (χ0v) is 21.7. The third-order valence-electron chi connectivity index (χ3n) is 6.44. The minimum atomic E-state index is -3.60. The average molecular weight is 526 g/mol. The largest absolute Gasteiger partial charge is 0.494 e. The summed E-state index contributed by atoms with van der Waals surface area (Å²) in [6.45, 7) is 3.35. The lowest BCUT2D eigenvalue weighted by atomic mass is 10.0. The fourth-order valence-electron chi connectivity index (χ4n) is 4.28. The number of furan rings is 1. The maximum absolute atomic E-state index is 13.7. The molecule has 1 fully saturated rings. The number of fused-ring (bicyclic) bond motifs is 1.